The van der Waals surface area contributed by atoms with Gasteiger partial charge in [-0.05, 0) is 35.2 Å². The summed E-state index contributed by atoms with van der Waals surface area (Å²) in [4.78, 5) is 4.34. The number of rotatable bonds is 8. The van der Waals surface area contributed by atoms with E-state index in [1.807, 2.05) is 25.4 Å². The molecule has 1 aromatic heterocycles. The molecular weight excluding hydrogens is 310 g/mol. The Morgan fingerprint density at radius 3 is 2.88 bits per heavy atom. The molecule has 0 radical (unpaired) electrons. The van der Waals surface area contributed by atoms with Crippen molar-refractivity contribution in [2.45, 2.75) is 39.3 Å². The minimum Gasteiger partial charge on any atom is -0.378 e. The molecule has 0 unspecified atom stereocenters. The first kappa shape index (κ1) is 17.3. The maximum atomic E-state index is 4.45. The smallest absolute Gasteiger partial charge is 0.149 e. The van der Waals surface area contributed by atoms with E-state index in [2.05, 4.69) is 50.9 Å². The second kappa shape index (κ2) is 8.51. The van der Waals surface area contributed by atoms with Gasteiger partial charge in [-0.1, -0.05) is 31.5 Å². The summed E-state index contributed by atoms with van der Waals surface area (Å²) >= 11 is 0. The summed E-state index contributed by atoms with van der Waals surface area (Å²) in [6, 6.07) is 10.8. The van der Waals surface area contributed by atoms with Crippen LogP contribution in [0.1, 0.15) is 36.5 Å². The number of aryl methyl sites for hydroxylation is 1. The predicted molar refractivity (Wildman–Crippen MR) is 105 cm³/mol. The molecule has 2 heterocycles. The summed E-state index contributed by atoms with van der Waals surface area (Å²) in [6.07, 6.45) is 7.14. The standard InChI is InChI=1S/C20H27N5/c1-3-6-17-9-8-16(13-18(17)15-25-12-5-11-24-25)14-23-19-7-4-10-22-20(19)21-2/h4,7-11,13,23H,3,5-6,12,14-15H2,1-2H3,(H,21,22). The highest BCUT2D eigenvalue weighted by Crippen LogP contribution is 2.21. The lowest BCUT2D eigenvalue weighted by Crippen LogP contribution is -2.15. The lowest BCUT2D eigenvalue weighted by molar-refractivity contribution is 0.309. The van der Waals surface area contributed by atoms with E-state index >= 15 is 0 Å². The molecular formula is C20H27N5. The summed E-state index contributed by atoms with van der Waals surface area (Å²) in [5, 5.41) is 13.2. The van der Waals surface area contributed by atoms with Crippen LogP contribution in [0.25, 0.3) is 0 Å². The molecule has 3 rings (SSSR count). The summed E-state index contributed by atoms with van der Waals surface area (Å²) in [6.45, 7) is 4.93. The van der Waals surface area contributed by atoms with Gasteiger partial charge in [0.1, 0.15) is 5.82 Å². The Labute approximate surface area is 150 Å². The first-order valence-corrected chi connectivity index (χ1v) is 9.05. The maximum Gasteiger partial charge on any atom is 0.149 e. The van der Waals surface area contributed by atoms with Crippen LogP contribution in [-0.4, -0.2) is 29.8 Å². The van der Waals surface area contributed by atoms with E-state index in [1.54, 1.807) is 6.20 Å². The number of hydrazone groups is 1. The molecule has 0 atom stereocenters. The van der Waals surface area contributed by atoms with Gasteiger partial charge in [0.25, 0.3) is 0 Å². The Hall–Kier alpha value is -2.56. The van der Waals surface area contributed by atoms with Gasteiger partial charge in [0.05, 0.1) is 12.2 Å². The van der Waals surface area contributed by atoms with Crippen LogP contribution in [0.4, 0.5) is 11.5 Å². The molecule has 0 aliphatic carbocycles. The summed E-state index contributed by atoms with van der Waals surface area (Å²) in [5.74, 6) is 0.872. The van der Waals surface area contributed by atoms with Gasteiger partial charge >= 0.3 is 0 Å². The highest BCUT2D eigenvalue weighted by atomic mass is 15.5. The highest BCUT2D eigenvalue weighted by Gasteiger charge is 2.11. The largest absolute Gasteiger partial charge is 0.378 e. The van der Waals surface area contributed by atoms with E-state index in [-0.39, 0.29) is 0 Å². The summed E-state index contributed by atoms with van der Waals surface area (Å²) < 4.78 is 0. The van der Waals surface area contributed by atoms with E-state index < -0.39 is 0 Å². The molecule has 0 saturated heterocycles. The molecule has 2 aromatic rings. The normalized spacial score (nSPS) is 13.3. The van der Waals surface area contributed by atoms with Crippen LogP contribution in [-0.2, 0) is 19.5 Å². The number of hydrogen-bond acceptors (Lipinski definition) is 5. The van der Waals surface area contributed by atoms with Crippen molar-refractivity contribution in [3.63, 3.8) is 0 Å². The Morgan fingerprint density at radius 1 is 1.20 bits per heavy atom. The lowest BCUT2D eigenvalue weighted by atomic mass is 10.00. The fourth-order valence-electron chi connectivity index (χ4n) is 3.15. The quantitative estimate of drug-likeness (QED) is 0.767. The first-order valence-electron chi connectivity index (χ1n) is 9.05. The monoisotopic (exact) mass is 337 g/mol. The number of nitrogens with one attached hydrogen (secondary N) is 2. The Morgan fingerprint density at radius 2 is 2.12 bits per heavy atom. The molecule has 2 N–H and O–H groups in total. The fraction of sp³-hybridized carbons (Fsp3) is 0.400. The molecule has 1 aliphatic rings. The van der Waals surface area contributed by atoms with Gasteiger partial charge in [0, 0.05) is 39.0 Å². The SMILES string of the molecule is CCCc1ccc(CNc2cccnc2NC)cc1CN1CCC=N1. The predicted octanol–water partition coefficient (Wildman–Crippen LogP) is 3.88. The van der Waals surface area contributed by atoms with Gasteiger partial charge in [-0.25, -0.2) is 4.98 Å². The number of nitrogens with zero attached hydrogens (tertiary/aromatic N) is 3. The van der Waals surface area contributed by atoms with E-state index in [1.165, 1.54) is 16.7 Å². The number of anilines is 2. The lowest BCUT2D eigenvalue weighted by Gasteiger charge is -2.18. The van der Waals surface area contributed by atoms with Crippen molar-refractivity contribution in [2.75, 3.05) is 24.2 Å². The fourth-order valence-corrected chi connectivity index (χ4v) is 3.15. The van der Waals surface area contributed by atoms with Crippen LogP contribution < -0.4 is 10.6 Å². The van der Waals surface area contributed by atoms with Crippen LogP contribution in [0.2, 0.25) is 0 Å². The zero-order chi connectivity index (χ0) is 17.5. The number of hydrogen-bond donors (Lipinski definition) is 2. The zero-order valence-electron chi connectivity index (χ0n) is 15.1. The van der Waals surface area contributed by atoms with Crippen molar-refractivity contribution in [3.8, 4) is 0 Å². The second-order valence-corrected chi connectivity index (χ2v) is 6.33. The molecule has 0 spiro atoms. The Kier molecular flexibility index (Phi) is 5.88. The Bertz CT molecular complexity index is 726. The van der Waals surface area contributed by atoms with E-state index in [0.29, 0.717) is 0 Å². The van der Waals surface area contributed by atoms with Gasteiger partial charge < -0.3 is 10.6 Å². The van der Waals surface area contributed by atoms with Crippen molar-refractivity contribution in [3.05, 3.63) is 53.2 Å². The summed E-state index contributed by atoms with van der Waals surface area (Å²) in [5.41, 5.74) is 5.13. The third-order valence-corrected chi connectivity index (χ3v) is 4.43. The summed E-state index contributed by atoms with van der Waals surface area (Å²) in [7, 11) is 1.89. The average Bonchev–Trinajstić information content (AvgIpc) is 3.15. The maximum absolute atomic E-state index is 4.45. The van der Waals surface area contributed by atoms with Crippen molar-refractivity contribution < 1.29 is 0 Å². The van der Waals surface area contributed by atoms with Gasteiger partial charge in [-0.15, -0.1) is 0 Å². The third kappa shape index (κ3) is 4.50. The van der Waals surface area contributed by atoms with Crippen LogP contribution >= 0.6 is 0 Å². The molecule has 0 fully saturated rings. The van der Waals surface area contributed by atoms with Gasteiger partial charge in [-0.3, -0.25) is 5.01 Å². The van der Waals surface area contributed by atoms with Crippen LogP contribution in [0.15, 0.2) is 41.6 Å². The molecule has 0 amide bonds. The number of pyridine rings is 1. The molecule has 0 bridgehead atoms. The zero-order valence-corrected chi connectivity index (χ0v) is 15.1. The van der Waals surface area contributed by atoms with E-state index in [0.717, 1.165) is 50.4 Å². The molecule has 0 saturated carbocycles. The molecule has 132 valence electrons. The average molecular weight is 337 g/mol. The van der Waals surface area contributed by atoms with Crippen LogP contribution in [0.5, 0.6) is 0 Å². The van der Waals surface area contributed by atoms with Crippen LogP contribution in [0.3, 0.4) is 0 Å². The Balaban J connectivity index is 1.73. The molecule has 1 aliphatic heterocycles. The van der Waals surface area contributed by atoms with E-state index in [9.17, 15) is 0 Å². The van der Waals surface area contributed by atoms with Crippen molar-refractivity contribution >= 4 is 17.7 Å². The van der Waals surface area contributed by atoms with Crippen molar-refractivity contribution in [1.29, 1.82) is 0 Å². The number of aromatic nitrogens is 1. The topological polar surface area (TPSA) is 52.6 Å². The first-order chi connectivity index (χ1) is 12.3. The third-order valence-electron chi connectivity index (χ3n) is 4.43. The minimum absolute atomic E-state index is 0.781. The molecule has 5 nitrogen and oxygen atoms in total. The van der Waals surface area contributed by atoms with Crippen molar-refractivity contribution in [2.24, 2.45) is 5.10 Å². The van der Waals surface area contributed by atoms with Crippen molar-refractivity contribution in [1.82, 2.24) is 9.99 Å². The van der Waals surface area contributed by atoms with Crippen LogP contribution in [0, 0.1) is 0 Å². The molecule has 5 heteroatoms. The second-order valence-electron chi connectivity index (χ2n) is 6.33. The number of benzene rings is 1. The molecule has 25 heavy (non-hydrogen) atoms. The van der Waals surface area contributed by atoms with Gasteiger partial charge in [-0.2, -0.15) is 5.10 Å². The van der Waals surface area contributed by atoms with Gasteiger partial charge in [0.15, 0.2) is 0 Å². The van der Waals surface area contributed by atoms with E-state index in [4.69, 9.17) is 0 Å². The molecule has 1 aromatic carbocycles. The highest BCUT2D eigenvalue weighted by molar-refractivity contribution is 5.63. The van der Waals surface area contributed by atoms with Gasteiger partial charge in [0.2, 0.25) is 0 Å². The minimum atomic E-state index is 0.781.